The molecule has 5 rings (SSSR count). The quantitative estimate of drug-likeness (QED) is 0.533. The number of aromatic amines is 1. The van der Waals surface area contributed by atoms with Gasteiger partial charge in [0.1, 0.15) is 5.82 Å². The van der Waals surface area contributed by atoms with Crippen LogP contribution in [0.15, 0.2) is 61.1 Å². The second-order valence-electron chi connectivity index (χ2n) is 7.57. The highest BCUT2D eigenvalue weighted by Crippen LogP contribution is 2.26. The van der Waals surface area contributed by atoms with E-state index in [-0.39, 0.29) is 5.91 Å². The van der Waals surface area contributed by atoms with Gasteiger partial charge >= 0.3 is 0 Å². The molecule has 7 heteroatoms. The molecule has 150 valence electrons. The molecule has 1 amide bonds. The number of amides is 1. The van der Waals surface area contributed by atoms with E-state index < -0.39 is 0 Å². The first-order chi connectivity index (χ1) is 14.8. The molecule has 0 atom stereocenters. The molecule has 1 aromatic carbocycles. The van der Waals surface area contributed by atoms with Crippen LogP contribution in [0, 0.1) is 0 Å². The Morgan fingerprint density at radius 1 is 1.07 bits per heavy atom. The number of anilines is 1. The molecule has 30 heavy (non-hydrogen) atoms. The average molecular weight is 398 g/mol. The Morgan fingerprint density at radius 3 is 2.80 bits per heavy atom. The molecule has 0 aliphatic carbocycles. The molecular formula is C23H22N6O. The van der Waals surface area contributed by atoms with Gasteiger partial charge in [0.15, 0.2) is 5.69 Å². The number of fused-ring (bicyclic) bond motifs is 1. The lowest BCUT2D eigenvalue weighted by atomic mass is 10.0. The molecule has 0 saturated carbocycles. The van der Waals surface area contributed by atoms with Crippen LogP contribution in [0.4, 0.5) is 5.82 Å². The van der Waals surface area contributed by atoms with Gasteiger partial charge in [-0.15, -0.1) is 0 Å². The second-order valence-corrected chi connectivity index (χ2v) is 7.57. The third-order valence-electron chi connectivity index (χ3n) is 5.42. The normalized spacial score (nSPS) is 14.3. The number of aromatic nitrogens is 4. The molecule has 0 spiro atoms. The summed E-state index contributed by atoms with van der Waals surface area (Å²) in [6, 6.07) is 13.5. The lowest BCUT2D eigenvalue weighted by molar-refractivity contribution is 0.102. The van der Waals surface area contributed by atoms with E-state index in [4.69, 9.17) is 0 Å². The summed E-state index contributed by atoms with van der Waals surface area (Å²) in [7, 11) is 0. The molecule has 0 bridgehead atoms. The number of carbonyl (C=O) groups excluding carboxylic acids is 1. The summed E-state index contributed by atoms with van der Waals surface area (Å²) in [4.78, 5) is 23.8. The number of nitrogens with zero attached hydrogens (tertiary/aromatic N) is 4. The number of hydrogen-bond donors (Lipinski definition) is 2. The topological polar surface area (TPSA) is 86.8 Å². The zero-order chi connectivity index (χ0) is 20.3. The number of likely N-dealkylation sites (tertiary alicyclic amines) is 1. The Hall–Kier alpha value is -3.58. The summed E-state index contributed by atoms with van der Waals surface area (Å²) in [5, 5.41) is 10.7. The van der Waals surface area contributed by atoms with Gasteiger partial charge in [0.2, 0.25) is 0 Å². The van der Waals surface area contributed by atoms with Crippen molar-refractivity contribution in [1.29, 1.82) is 0 Å². The standard InChI is InChI=1S/C23H22N6O/c30-23(26-21-5-1-2-8-25-21)22-19-12-17(6-7-20(19)27-28-22)18-11-16(13-24-14-18)15-29-9-3-4-10-29/h1-2,5-8,11-14H,3-4,9-10,15H2,(H,27,28)(H,25,26,30). The fourth-order valence-corrected chi connectivity index (χ4v) is 3.91. The smallest absolute Gasteiger partial charge is 0.277 e. The Balaban J connectivity index is 1.43. The summed E-state index contributed by atoms with van der Waals surface area (Å²) in [6.07, 6.45) is 7.98. The van der Waals surface area contributed by atoms with Crippen molar-refractivity contribution in [3.63, 3.8) is 0 Å². The third-order valence-corrected chi connectivity index (χ3v) is 5.42. The van der Waals surface area contributed by atoms with Crippen molar-refractivity contribution in [3.05, 3.63) is 72.3 Å². The van der Waals surface area contributed by atoms with Crippen LogP contribution in [0.2, 0.25) is 0 Å². The molecule has 1 saturated heterocycles. The Bertz CT molecular complexity index is 1180. The Labute approximate surface area is 174 Å². The summed E-state index contributed by atoms with van der Waals surface area (Å²) in [6.45, 7) is 3.23. The van der Waals surface area contributed by atoms with Crippen LogP contribution in [0.5, 0.6) is 0 Å². The van der Waals surface area contributed by atoms with Crippen LogP contribution in [-0.2, 0) is 6.54 Å². The predicted octanol–water partition coefficient (Wildman–Crippen LogP) is 3.87. The molecule has 7 nitrogen and oxygen atoms in total. The van der Waals surface area contributed by atoms with Crippen LogP contribution in [0.3, 0.4) is 0 Å². The predicted molar refractivity (Wildman–Crippen MR) is 116 cm³/mol. The molecule has 0 unspecified atom stereocenters. The molecule has 0 radical (unpaired) electrons. The van der Waals surface area contributed by atoms with Crippen molar-refractivity contribution in [2.24, 2.45) is 0 Å². The van der Waals surface area contributed by atoms with Gasteiger partial charge in [-0.2, -0.15) is 5.10 Å². The first-order valence-corrected chi connectivity index (χ1v) is 10.1. The van der Waals surface area contributed by atoms with Crippen LogP contribution in [0.25, 0.3) is 22.0 Å². The van der Waals surface area contributed by atoms with E-state index in [0.717, 1.165) is 41.7 Å². The van der Waals surface area contributed by atoms with Crippen molar-refractivity contribution in [3.8, 4) is 11.1 Å². The number of nitrogens with one attached hydrogen (secondary N) is 2. The van der Waals surface area contributed by atoms with Crippen LogP contribution < -0.4 is 5.32 Å². The number of hydrogen-bond acceptors (Lipinski definition) is 5. The van der Waals surface area contributed by atoms with Crippen molar-refractivity contribution in [2.75, 3.05) is 18.4 Å². The van der Waals surface area contributed by atoms with Crippen LogP contribution in [0.1, 0.15) is 28.9 Å². The van der Waals surface area contributed by atoms with Gasteiger partial charge in [0, 0.05) is 36.1 Å². The maximum absolute atomic E-state index is 12.7. The molecule has 3 aromatic heterocycles. The van der Waals surface area contributed by atoms with E-state index in [9.17, 15) is 4.79 Å². The molecule has 4 heterocycles. The number of rotatable bonds is 5. The number of H-pyrrole nitrogens is 1. The van der Waals surface area contributed by atoms with E-state index in [1.807, 2.05) is 36.7 Å². The first kappa shape index (κ1) is 18.4. The summed E-state index contributed by atoms with van der Waals surface area (Å²) < 4.78 is 0. The minimum Gasteiger partial charge on any atom is -0.305 e. The lowest BCUT2D eigenvalue weighted by Gasteiger charge is -2.14. The van der Waals surface area contributed by atoms with Gasteiger partial charge in [-0.3, -0.25) is 19.8 Å². The van der Waals surface area contributed by atoms with E-state index in [1.54, 1.807) is 18.3 Å². The Morgan fingerprint density at radius 2 is 1.97 bits per heavy atom. The van der Waals surface area contributed by atoms with E-state index >= 15 is 0 Å². The zero-order valence-corrected chi connectivity index (χ0v) is 16.5. The molecular weight excluding hydrogens is 376 g/mol. The average Bonchev–Trinajstić information content (AvgIpc) is 3.44. The fraction of sp³-hybridized carbons (Fsp3) is 0.217. The van der Waals surface area contributed by atoms with Crippen molar-refractivity contribution >= 4 is 22.6 Å². The maximum Gasteiger partial charge on any atom is 0.277 e. The van der Waals surface area contributed by atoms with Gasteiger partial charge in [-0.05, 0) is 67.4 Å². The molecule has 2 N–H and O–H groups in total. The monoisotopic (exact) mass is 398 g/mol. The minimum atomic E-state index is -0.294. The van der Waals surface area contributed by atoms with Gasteiger partial charge in [0.25, 0.3) is 5.91 Å². The highest BCUT2D eigenvalue weighted by atomic mass is 16.2. The van der Waals surface area contributed by atoms with E-state index in [2.05, 4.69) is 36.4 Å². The number of carbonyl (C=O) groups is 1. The minimum absolute atomic E-state index is 0.294. The summed E-state index contributed by atoms with van der Waals surface area (Å²) >= 11 is 0. The number of benzene rings is 1. The van der Waals surface area contributed by atoms with Crippen molar-refractivity contribution in [1.82, 2.24) is 25.1 Å². The molecule has 4 aromatic rings. The van der Waals surface area contributed by atoms with Gasteiger partial charge in [0.05, 0.1) is 5.52 Å². The van der Waals surface area contributed by atoms with Crippen LogP contribution in [-0.4, -0.2) is 44.1 Å². The highest BCUT2D eigenvalue weighted by Gasteiger charge is 2.16. The second kappa shape index (κ2) is 8.04. The third kappa shape index (κ3) is 3.79. The first-order valence-electron chi connectivity index (χ1n) is 10.1. The fourth-order valence-electron chi connectivity index (χ4n) is 3.91. The van der Waals surface area contributed by atoms with Gasteiger partial charge in [-0.1, -0.05) is 12.1 Å². The SMILES string of the molecule is O=C(Nc1ccccn1)c1n[nH]c2ccc(-c3cncc(CN4CCCC4)c3)cc12. The molecule has 1 aliphatic rings. The number of pyridine rings is 2. The van der Waals surface area contributed by atoms with E-state index in [0.29, 0.717) is 11.5 Å². The maximum atomic E-state index is 12.7. The molecule has 1 fully saturated rings. The van der Waals surface area contributed by atoms with Crippen LogP contribution >= 0.6 is 0 Å². The van der Waals surface area contributed by atoms with E-state index in [1.165, 1.54) is 18.4 Å². The highest BCUT2D eigenvalue weighted by molar-refractivity contribution is 6.11. The lowest BCUT2D eigenvalue weighted by Crippen LogP contribution is -2.18. The van der Waals surface area contributed by atoms with Crippen molar-refractivity contribution < 1.29 is 4.79 Å². The Kier molecular flexibility index (Phi) is 4.94. The van der Waals surface area contributed by atoms with Gasteiger partial charge in [-0.25, -0.2) is 4.98 Å². The van der Waals surface area contributed by atoms with Crippen molar-refractivity contribution in [2.45, 2.75) is 19.4 Å². The largest absolute Gasteiger partial charge is 0.305 e. The molecule has 1 aliphatic heterocycles. The summed E-state index contributed by atoms with van der Waals surface area (Å²) in [5.41, 5.74) is 4.40. The van der Waals surface area contributed by atoms with Gasteiger partial charge < -0.3 is 5.32 Å². The summed E-state index contributed by atoms with van der Waals surface area (Å²) in [5.74, 6) is 0.201. The zero-order valence-electron chi connectivity index (χ0n) is 16.5.